The zero-order valence-corrected chi connectivity index (χ0v) is 10.8. The first-order valence-corrected chi connectivity index (χ1v) is 6.03. The van der Waals surface area contributed by atoms with Gasteiger partial charge in [0.2, 0.25) is 0 Å². The van der Waals surface area contributed by atoms with Crippen LogP contribution in [0.2, 0.25) is 0 Å². The van der Waals surface area contributed by atoms with Gasteiger partial charge in [0.25, 0.3) is 0 Å². The molecular weight excluding hydrogens is 198 g/mol. The van der Waals surface area contributed by atoms with E-state index in [1.54, 1.807) is 0 Å². The Bertz CT molecular complexity index is 310. The molecule has 0 fully saturated rings. The van der Waals surface area contributed by atoms with Gasteiger partial charge in [-0.1, -0.05) is 26.8 Å². The molecule has 0 bridgehead atoms. The van der Waals surface area contributed by atoms with E-state index in [1.807, 2.05) is 12.3 Å². The Morgan fingerprint density at radius 3 is 2.81 bits per heavy atom. The molecule has 3 nitrogen and oxygen atoms in total. The second kappa shape index (κ2) is 6.48. The molecule has 0 aliphatic carbocycles. The van der Waals surface area contributed by atoms with Crippen molar-refractivity contribution in [2.75, 3.05) is 18.5 Å². The monoisotopic (exact) mass is 221 g/mol. The van der Waals surface area contributed by atoms with E-state index < -0.39 is 0 Å². The van der Waals surface area contributed by atoms with Gasteiger partial charge in [-0.3, -0.25) is 0 Å². The van der Waals surface area contributed by atoms with Gasteiger partial charge in [0, 0.05) is 37.9 Å². The molecule has 0 amide bonds. The topological polar surface area (TPSA) is 28.2 Å². The molecule has 0 saturated heterocycles. The van der Waals surface area contributed by atoms with Gasteiger partial charge in [-0.2, -0.15) is 0 Å². The molecule has 90 valence electrons. The quantitative estimate of drug-likeness (QED) is 0.799. The third-order valence-electron chi connectivity index (χ3n) is 2.49. The zero-order chi connectivity index (χ0) is 12.0. The highest BCUT2D eigenvalue weighted by molar-refractivity contribution is 5.45. The van der Waals surface area contributed by atoms with Crippen LogP contribution in [0.5, 0.6) is 0 Å². The highest BCUT2D eigenvalue weighted by atomic mass is 15.2. The summed E-state index contributed by atoms with van der Waals surface area (Å²) in [5.41, 5.74) is 1.27. The number of pyridine rings is 1. The van der Waals surface area contributed by atoms with Gasteiger partial charge >= 0.3 is 0 Å². The van der Waals surface area contributed by atoms with Crippen molar-refractivity contribution in [2.45, 2.75) is 39.8 Å². The van der Waals surface area contributed by atoms with Crippen molar-refractivity contribution in [1.82, 2.24) is 10.3 Å². The molecule has 1 heterocycles. The maximum absolute atomic E-state index is 4.46. The van der Waals surface area contributed by atoms with E-state index in [-0.39, 0.29) is 0 Å². The fourth-order valence-corrected chi connectivity index (χ4v) is 1.67. The summed E-state index contributed by atoms with van der Waals surface area (Å²) in [5, 5.41) is 3.43. The Morgan fingerprint density at radius 2 is 2.19 bits per heavy atom. The van der Waals surface area contributed by atoms with Crippen molar-refractivity contribution in [3.05, 3.63) is 23.9 Å². The third-order valence-corrected chi connectivity index (χ3v) is 2.49. The molecule has 0 saturated carbocycles. The first-order valence-electron chi connectivity index (χ1n) is 6.03. The van der Waals surface area contributed by atoms with Crippen molar-refractivity contribution >= 4 is 5.82 Å². The van der Waals surface area contributed by atoms with Crippen LogP contribution < -0.4 is 10.2 Å². The average Bonchev–Trinajstić information content (AvgIpc) is 2.27. The highest BCUT2D eigenvalue weighted by Crippen LogP contribution is 2.15. The van der Waals surface area contributed by atoms with Crippen LogP contribution in [0, 0.1) is 0 Å². The van der Waals surface area contributed by atoms with Crippen molar-refractivity contribution < 1.29 is 0 Å². The average molecular weight is 221 g/mol. The summed E-state index contributed by atoms with van der Waals surface area (Å²) in [7, 11) is 2.10. The van der Waals surface area contributed by atoms with Crippen molar-refractivity contribution in [3.63, 3.8) is 0 Å². The molecule has 0 aliphatic rings. The summed E-state index contributed by atoms with van der Waals surface area (Å²) >= 11 is 0. The molecular formula is C13H23N3. The molecule has 0 atom stereocenters. The van der Waals surface area contributed by atoms with Gasteiger partial charge in [0.15, 0.2) is 0 Å². The minimum absolute atomic E-state index is 0.504. The van der Waals surface area contributed by atoms with Crippen molar-refractivity contribution in [1.29, 1.82) is 0 Å². The normalized spacial score (nSPS) is 10.8. The fourth-order valence-electron chi connectivity index (χ4n) is 1.67. The van der Waals surface area contributed by atoms with E-state index in [0.29, 0.717) is 6.04 Å². The van der Waals surface area contributed by atoms with Gasteiger partial charge in [0.05, 0.1) is 0 Å². The predicted molar refractivity (Wildman–Crippen MR) is 69.8 cm³/mol. The van der Waals surface area contributed by atoms with Crippen LogP contribution in [-0.2, 0) is 6.54 Å². The van der Waals surface area contributed by atoms with E-state index in [1.165, 1.54) is 5.56 Å². The number of hydrogen-bond donors (Lipinski definition) is 1. The summed E-state index contributed by atoms with van der Waals surface area (Å²) in [6.07, 6.45) is 3.00. The molecule has 1 N–H and O–H groups in total. The summed E-state index contributed by atoms with van der Waals surface area (Å²) < 4.78 is 0. The predicted octanol–water partition coefficient (Wildman–Crippen LogP) is 2.43. The third kappa shape index (κ3) is 3.81. The summed E-state index contributed by atoms with van der Waals surface area (Å²) in [5.74, 6) is 1.09. The van der Waals surface area contributed by atoms with E-state index in [4.69, 9.17) is 0 Å². The molecule has 0 aromatic carbocycles. The SMILES string of the molecule is CCCN(C)c1ncccc1CNC(C)C. The summed E-state index contributed by atoms with van der Waals surface area (Å²) in [4.78, 5) is 6.68. The number of anilines is 1. The van der Waals surface area contributed by atoms with Crippen molar-refractivity contribution in [3.8, 4) is 0 Å². The van der Waals surface area contributed by atoms with Crippen LogP contribution in [0.15, 0.2) is 18.3 Å². The van der Waals surface area contributed by atoms with Crippen LogP contribution in [0.3, 0.4) is 0 Å². The van der Waals surface area contributed by atoms with Crippen LogP contribution >= 0.6 is 0 Å². The highest BCUT2D eigenvalue weighted by Gasteiger charge is 2.07. The zero-order valence-electron chi connectivity index (χ0n) is 10.8. The molecule has 1 rings (SSSR count). The summed E-state index contributed by atoms with van der Waals surface area (Å²) in [6.45, 7) is 8.43. The standard InChI is InChI=1S/C13H23N3/c1-5-9-16(4)13-12(7-6-8-14-13)10-15-11(2)3/h6-8,11,15H,5,9-10H2,1-4H3. The Hall–Kier alpha value is -1.09. The molecule has 1 aromatic heterocycles. The first-order chi connectivity index (χ1) is 7.65. The van der Waals surface area contributed by atoms with Gasteiger partial charge in [-0.05, 0) is 12.5 Å². The molecule has 0 aliphatic heterocycles. The smallest absolute Gasteiger partial charge is 0.132 e. The second-order valence-electron chi connectivity index (χ2n) is 4.44. The lowest BCUT2D eigenvalue weighted by atomic mass is 10.2. The van der Waals surface area contributed by atoms with Crippen LogP contribution in [-0.4, -0.2) is 24.6 Å². The van der Waals surface area contributed by atoms with E-state index in [0.717, 1.165) is 25.3 Å². The van der Waals surface area contributed by atoms with Crippen LogP contribution in [0.4, 0.5) is 5.82 Å². The Balaban J connectivity index is 2.74. The first kappa shape index (κ1) is 13.0. The van der Waals surface area contributed by atoms with Crippen LogP contribution in [0.25, 0.3) is 0 Å². The minimum atomic E-state index is 0.504. The lowest BCUT2D eigenvalue weighted by molar-refractivity contribution is 0.587. The van der Waals surface area contributed by atoms with Gasteiger partial charge < -0.3 is 10.2 Å². The number of nitrogens with one attached hydrogen (secondary N) is 1. The second-order valence-corrected chi connectivity index (χ2v) is 4.44. The number of hydrogen-bond acceptors (Lipinski definition) is 3. The molecule has 16 heavy (non-hydrogen) atoms. The van der Waals surface area contributed by atoms with Gasteiger partial charge in [-0.15, -0.1) is 0 Å². The van der Waals surface area contributed by atoms with E-state index in [2.05, 4.69) is 49.1 Å². The molecule has 0 radical (unpaired) electrons. The van der Waals surface area contributed by atoms with Gasteiger partial charge in [-0.25, -0.2) is 4.98 Å². The fraction of sp³-hybridized carbons (Fsp3) is 0.615. The van der Waals surface area contributed by atoms with Crippen molar-refractivity contribution in [2.24, 2.45) is 0 Å². The molecule has 1 aromatic rings. The maximum Gasteiger partial charge on any atom is 0.132 e. The Labute approximate surface area is 98.9 Å². The van der Waals surface area contributed by atoms with E-state index >= 15 is 0 Å². The number of rotatable bonds is 6. The number of nitrogens with zero attached hydrogens (tertiary/aromatic N) is 2. The van der Waals surface area contributed by atoms with Crippen LogP contribution in [0.1, 0.15) is 32.8 Å². The Kier molecular flexibility index (Phi) is 5.26. The van der Waals surface area contributed by atoms with E-state index in [9.17, 15) is 0 Å². The Morgan fingerprint density at radius 1 is 1.44 bits per heavy atom. The minimum Gasteiger partial charge on any atom is -0.359 e. The maximum atomic E-state index is 4.46. The largest absolute Gasteiger partial charge is 0.359 e. The lowest BCUT2D eigenvalue weighted by Crippen LogP contribution is -2.25. The number of aromatic nitrogens is 1. The molecule has 0 unspecified atom stereocenters. The molecule has 3 heteroatoms. The summed E-state index contributed by atoms with van der Waals surface area (Å²) in [6, 6.07) is 4.65. The molecule has 0 spiro atoms. The lowest BCUT2D eigenvalue weighted by Gasteiger charge is -2.21. The van der Waals surface area contributed by atoms with Gasteiger partial charge in [0.1, 0.15) is 5.82 Å².